The lowest BCUT2D eigenvalue weighted by Gasteiger charge is -2.30. The van der Waals surface area contributed by atoms with Gasteiger partial charge in [-0.25, -0.2) is 0 Å². The van der Waals surface area contributed by atoms with Crippen LogP contribution in [0.5, 0.6) is 0 Å². The highest BCUT2D eigenvalue weighted by molar-refractivity contribution is 7.08. The van der Waals surface area contributed by atoms with Crippen LogP contribution < -0.4 is 5.32 Å². The monoisotopic (exact) mass is 303 g/mol. The highest BCUT2D eigenvalue weighted by Crippen LogP contribution is 2.27. The molecule has 0 aliphatic rings. The lowest BCUT2D eigenvalue weighted by molar-refractivity contribution is 0.0904. The van der Waals surface area contributed by atoms with Crippen LogP contribution in [0.25, 0.3) is 0 Å². The van der Waals surface area contributed by atoms with Crippen molar-refractivity contribution in [3.05, 3.63) is 10.6 Å². The molecule has 1 aromatic heterocycles. The average Bonchev–Trinajstić information content (AvgIpc) is 2.85. The van der Waals surface area contributed by atoms with E-state index in [1.54, 1.807) is 0 Å². The number of carbonyl (C=O) groups is 1. The molecule has 1 aromatic rings. The van der Waals surface area contributed by atoms with Crippen LogP contribution in [0.3, 0.4) is 0 Å². The van der Waals surface area contributed by atoms with Gasteiger partial charge in [0.2, 0.25) is 0 Å². The molecule has 0 bridgehead atoms. The van der Waals surface area contributed by atoms with E-state index in [0.29, 0.717) is 10.8 Å². The Kier molecular flexibility index (Phi) is 5.33. The van der Waals surface area contributed by atoms with Crippen LogP contribution in [0.15, 0.2) is 0 Å². The van der Waals surface area contributed by atoms with Gasteiger partial charge in [-0.2, -0.15) is 0 Å². The van der Waals surface area contributed by atoms with E-state index in [1.807, 2.05) is 34.6 Å². The Balaban J connectivity index is 2.99. The van der Waals surface area contributed by atoms with Gasteiger partial charge in [0.15, 0.2) is 0 Å². The van der Waals surface area contributed by atoms with Gasteiger partial charge < -0.3 is 5.32 Å². The minimum Gasteiger partial charge on any atom is -0.345 e. The standard InChI is InChI=1S/C13H22ClN3OS/c1-6-13(7-2,8-14)15-11(18)9-10(12(3,4)5)16-17-19-9/h6-8H2,1-5H3,(H,15,18). The second-order valence-electron chi connectivity index (χ2n) is 5.78. The summed E-state index contributed by atoms with van der Waals surface area (Å²) in [6.45, 7) is 10.1. The molecule has 0 unspecified atom stereocenters. The fourth-order valence-electron chi connectivity index (χ4n) is 1.78. The van der Waals surface area contributed by atoms with E-state index in [-0.39, 0.29) is 16.9 Å². The van der Waals surface area contributed by atoms with E-state index in [2.05, 4.69) is 14.9 Å². The molecule has 108 valence electrons. The first-order valence-corrected chi connectivity index (χ1v) is 7.81. The quantitative estimate of drug-likeness (QED) is 0.849. The Labute approximate surface area is 124 Å². The van der Waals surface area contributed by atoms with Gasteiger partial charge in [-0.1, -0.05) is 39.1 Å². The zero-order valence-electron chi connectivity index (χ0n) is 12.2. The zero-order valence-corrected chi connectivity index (χ0v) is 13.8. The maximum absolute atomic E-state index is 12.4. The van der Waals surface area contributed by atoms with E-state index in [4.69, 9.17) is 11.6 Å². The van der Waals surface area contributed by atoms with Crippen molar-refractivity contribution >= 4 is 29.0 Å². The summed E-state index contributed by atoms with van der Waals surface area (Å²) in [5, 5.41) is 7.14. The SMILES string of the molecule is CCC(CC)(CCl)NC(=O)c1snnc1C(C)(C)C. The molecule has 1 amide bonds. The molecule has 4 nitrogen and oxygen atoms in total. The molecule has 1 N–H and O–H groups in total. The summed E-state index contributed by atoms with van der Waals surface area (Å²) < 4.78 is 3.92. The Morgan fingerprint density at radius 1 is 1.32 bits per heavy atom. The first kappa shape index (κ1) is 16.4. The summed E-state index contributed by atoms with van der Waals surface area (Å²) in [5.74, 6) is 0.285. The molecule has 1 heterocycles. The van der Waals surface area contributed by atoms with E-state index in [9.17, 15) is 4.79 Å². The molecule has 0 radical (unpaired) electrons. The van der Waals surface area contributed by atoms with Crippen molar-refractivity contribution in [2.75, 3.05) is 5.88 Å². The number of nitrogens with zero attached hydrogens (tertiary/aromatic N) is 2. The number of hydrogen-bond acceptors (Lipinski definition) is 4. The number of amides is 1. The second kappa shape index (κ2) is 6.18. The van der Waals surface area contributed by atoms with Crippen molar-refractivity contribution in [1.82, 2.24) is 14.9 Å². The molecular weight excluding hydrogens is 282 g/mol. The van der Waals surface area contributed by atoms with Crippen LogP contribution in [0.1, 0.15) is 62.8 Å². The Morgan fingerprint density at radius 3 is 2.32 bits per heavy atom. The molecular formula is C13H22ClN3OS. The van der Waals surface area contributed by atoms with Gasteiger partial charge in [0.25, 0.3) is 5.91 Å². The third kappa shape index (κ3) is 3.66. The fourth-order valence-corrected chi connectivity index (χ4v) is 2.99. The summed E-state index contributed by atoms with van der Waals surface area (Å²) in [6.07, 6.45) is 1.60. The Bertz CT molecular complexity index is 427. The van der Waals surface area contributed by atoms with E-state index in [0.717, 1.165) is 30.1 Å². The second-order valence-corrected chi connectivity index (χ2v) is 6.80. The molecule has 0 saturated carbocycles. The zero-order chi connectivity index (χ0) is 14.7. The minimum atomic E-state index is -0.349. The smallest absolute Gasteiger partial charge is 0.265 e. The molecule has 0 aliphatic heterocycles. The van der Waals surface area contributed by atoms with Gasteiger partial charge >= 0.3 is 0 Å². The van der Waals surface area contributed by atoms with Crippen LogP contribution in [-0.4, -0.2) is 26.9 Å². The topological polar surface area (TPSA) is 54.9 Å². The lowest BCUT2D eigenvalue weighted by atomic mass is 9.90. The largest absolute Gasteiger partial charge is 0.345 e. The minimum absolute atomic E-state index is 0.121. The fraction of sp³-hybridized carbons (Fsp3) is 0.769. The molecule has 0 aliphatic carbocycles. The summed E-state index contributed by atoms with van der Waals surface area (Å²) in [4.78, 5) is 13.0. The number of hydrogen-bond donors (Lipinski definition) is 1. The van der Waals surface area contributed by atoms with E-state index >= 15 is 0 Å². The van der Waals surface area contributed by atoms with Crippen LogP contribution in [0.4, 0.5) is 0 Å². The molecule has 6 heteroatoms. The van der Waals surface area contributed by atoms with Crippen molar-refractivity contribution in [3.63, 3.8) is 0 Å². The highest BCUT2D eigenvalue weighted by atomic mass is 35.5. The van der Waals surface area contributed by atoms with Crippen molar-refractivity contribution in [1.29, 1.82) is 0 Å². The van der Waals surface area contributed by atoms with Crippen molar-refractivity contribution < 1.29 is 4.79 Å². The summed E-state index contributed by atoms with van der Waals surface area (Å²) in [5.41, 5.74) is 0.199. The number of rotatable bonds is 5. The molecule has 0 spiro atoms. The number of nitrogens with one attached hydrogen (secondary N) is 1. The van der Waals surface area contributed by atoms with Gasteiger partial charge in [0.1, 0.15) is 4.88 Å². The molecule has 0 atom stereocenters. The van der Waals surface area contributed by atoms with Gasteiger partial charge in [-0.3, -0.25) is 4.79 Å². The lowest BCUT2D eigenvalue weighted by Crippen LogP contribution is -2.49. The summed E-state index contributed by atoms with van der Waals surface area (Å²) in [7, 11) is 0. The van der Waals surface area contributed by atoms with Crippen molar-refractivity contribution in [3.8, 4) is 0 Å². The van der Waals surface area contributed by atoms with Gasteiger partial charge in [0, 0.05) is 11.3 Å². The van der Waals surface area contributed by atoms with Crippen molar-refractivity contribution in [2.24, 2.45) is 0 Å². The van der Waals surface area contributed by atoms with Gasteiger partial charge in [-0.15, -0.1) is 16.7 Å². The van der Waals surface area contributed by atoms with Crippen LogP contribution in [0.2, 0.25) is 0 Å². The van der Waals surface area contributed by atoms with Crippen molar-refractivity contribution in [2.45, 2.75) is 58.4 Å². The predicted octanol–water partition coefficient (Wildman–Crippen LogP) is 3.36. The number of aromatic nitrogens is 2. The maximum atomic E-state index is 12.4. The molecule has 1 rings (SSSR count). The van der Waals surface area contributed by atoms with E-state index in [1.165, 1.54) is 0 Å². The predicted molar refractivity (Wildman–Crippen MR) is 80.1 cm³/mol. The van der Waals surface area contributed by atoms with E-state index < -0.39 is 0 Å². The van der Waals surface area contributed by atoms with Gasteiger partial charge in [0.05, 0.1) is 11.2 Å². The third-order valence-corrected chi connectivity index (χ3v) is 4.63. The number of carbonyl (C=O) groups excluding carboxylic acids is 1. The van der Waals surface area contributed by atoms with Gasteiger partial charge in [-0.05, 0) is 24.4 Å². The number of halogens is 1. The Hall–Kier alpha value is -0.680. The number of alkyl halides is 1. The normalized spacial score (nSPS) is 12.5. The molecule has 0 saturated heterocycles. The first-order valence-electron chi connectivity index (χ1n) is 6.51. The third-order valence-electron chi connectivity index (χ3n) is 3.39. The summed E-state index contributed by atoms with van der Waals surface area (Å²) >= 11 is 7.16. The Morgan fingerprint density at radius 2 is 1.89 bits per heavy atom. The highest BCUT2D eigenvalue weighted by Gasteiger charge is 2.32. The molecule has 19 heavy (non-hydrogen) atoms. The van der Waals surface area contributed by atoms with Crippen LogP contribution in [-0.2, 0) is 5.41 Å². The maximum Gasteiger partial charge on any atom is 0.265 e. The molecule has 0 fully saturated rings. The van der Waals surface area contributed by atoms with Crippen LogP contribution >= 0.6 is 23.1 Å². The first-order chi connectivity index (χ1) is 8.79. The van der Waals surface area contributed by atoms with Crippen LogP contribution in [0, 0.1) is 0 Å². The average molecular weight is 304 g/mol. The molecule has 0 aromatic carbocycles. The summed E-state index contributed by atoms with van der Waals surface area (Å²) in [6, 6.07) is 0.